The van der Waals surface area contributed by atoms with E-state index >= 15 is 0 Å². The summed E-state index contributed by atoms with van der Waals surface area (Å²) in [6, 6.07) is 12.1. The predicted octanol–water partition coefficient (Wildman–Crippen LogP) is 4.10. The molecular weight excluding hydrogens is 332 g/mol. The van der Waals surface area contributed by atoms with Crippen molar-refractivity contribution in [2.75, 3.05) is 26.7 Å². The van der Waals surface area contributed by atoms with E-state index in [4.69, 9.17) is 0 Å². The van der Waals surface area contributed by atoms with Crippen LogP contribution in [0.2, 0.25) is 0 Å². The van der Waals surface area contributed by atoms with Gasteiger partial charge in [-0.1, -0.05) is 48.6 Å². The van der Waals surface area contributed by atoms with Crippen molar-refractivity contribution >= 4 is 0 Å². The third-order valence-electron chi connectivity index (χ3n) is 4.17. The van der Waals surface area contributed by atoms with Crippen LogP contribution in [0.3, 0.4) is 0 Å². The van der Waals surface area contributed by atoms with Crippen molar-refractivity contribution in [1.82, 2.24) is 19.8 Å². The van der Waals surface area contributed by atoms with Gasteiger partial charge < -0.3 is 4.90 Å². The maximum atomic E-state index is 4.48. The molecule has 0 spiro atoms. The van der Waals surface area contributed by atoms with Gasteiger partial charge >= 0.3 is 0 Å². The van der Waals surface area contributed by atoms with Crippen LogP contribution in [0.15, 0.2) is 85.2 Å². The van der Waals surface area contributed by atoms with Crippen molar-refractivity contribution in [1.29, 1.82) is 0 Å². The summed E-state index contributed by atoms with van der Waals surface area (Å²) in [5.74, 6) is 0. The molecule has 142 valence electrons. The number of allylic oxidation sites excluding steroid dienone is 4. The number of rotatable bonds is 11. The topological polar surface area (TPSA) is 32.3 Å². The van der Waals surface area contributed by atoms with Crippen LogP contribution >= 0.6 is 0 Å². The number of hydrogen-bond donors (Lipinski definition) is 0. The molecule has 0 N–H and O–H groups in total. The SMILES string of the molecule is C=C/C=C\C=C(/C)CN(C)CCN(Cc1ccccn1)Cc1ccccn1. The summed E-state index contributed by atoms with van der Waals surface area (Å²) in [7, 11) is 2.16. The van der Waals surface area contributed by atoms with Gasteiger partial charge in [0.25, 0.3) is 0 Å². The van der Waals surface area contributed by atoms with Gasteiger partial charge in [0.15, 0.2) is 0 Å². The summed E-state index contributed by atoms with van der Waals surface area (Å²) >= 11 is 0. The highest BCUT2D eigenvalue weighted by Gasteiger charge is 2.10. The maximum absolute atomic E-state index is 4.48. The lowest BCUT2D eigenvalue weighted by atomic mass is 10.2. The molecule has 2 aromatic heterocycles. The smallest absolute Gasteiger partial charge is 0.0544 e. The monoisotopic (exact) mass is 362 g/mol. The van der Waals surface area contributed by atoms with Crippen LogP contribution in [-0.2, 0) is 13.1 Å². The Labute approximate surface area is 163 Å². The second-order valence-corrected chi connectivity index (χ2v) is 6.72. The zero-order chi connectivity index (χ0) is 19.3. The Morgan fingerprint density at radius 2 is 1.59 bits per heavy atom. The highest BCUT2D eigenvalue weighted by atomic mass is 15.2. The van der Waals surface area contributed by atoms with Crippen molar-refractivity contribution in [3.63, 3.8) is 0 Å². The van der Waals surface area contributed by atoms with Crippen molar-refractivity contribution in [3.05, 3.63) is 96.6 Å². The molecule has 4 nitrogen and oxygen atoms in total. The molecule has 2 rings (SSSR count). The summed E-state index contributed by atoms with van der Waals surface area (Å²) < 4.78 is 0. The molecule has 0 unspecified atom stereocenters. The number of aromatic nitrogens is 2. The Morgan fingerprint density at radius 3 is 2.11 bits per heavy atom. The van der Waals surface area contributed by atoms with E-state index in [1.165, 1.54) is 5.57 Å². The Kier molecular flexibility index (Phi) is 9.18. The summed E-state index contributed by atoms with van der Waals surface area (Å²) in [6.07, 6.45) is 11.6. The Morgan fingerprint density at radius 1 is 0.963 bits per heavy atom. The summed E-state index contributed by atoms with van der Waals surface area (Å²) in [5.41, 5.74) is 3.50. The van der Waals surface area contributed by atoms with Crippen LogP contribution in [0, 0.1) is 0 Å². The van der Waals surface area contributed by atoms with Gasteiger partial charge in [-0.2, -0.15) is 0 Å². The molecule has 2 heterocycles. The fourth-order valence-corrected chi connectivity index (χ4v) is 2.82. The van der Waals surface area contributed by atoms with Crippen LogP contribution < -0.4 is 0 Å². The fourth-order valence-electron chi connectivity index (χ4n) is 2.82. The summed E-state index contributed by atoms with van der Waals surface area (Å²) in [4.78, 5) is 13.7. The first kappa shape index (κ1) is 20.7. The van der Waals surface area contributed by atoms with Gasteiger partial charge in [-0.25, -0.2) is 0 Å². The van der Waals surface area contributed by atoms with Crippen LogP contribution in [-0.4, -0.2) is 46.4 Å². The largest absolute Gasteiger partial charge is 0.301 e. The molecule has 0 saturated carbocycles. The first-order valence-corrected chi connectivity index (χ1v) is 9.33. The fraction of sp³-hybridized carbons (Fsp3) is 0.304. The number of nitrogens with zero attached hydrogens (tertiary/aromatic N) is 4. The minimum Gasteiger partial charge on any atom is -0.301 e. The van der Waals surface area contributed by atoms with E-state index in [0.29, 0.717) is 0 Å². The van der Waals surface area contributed by atoms with E-state index in [1.807, 2.05) is 48.8 Å². The average Bonchev–Trinajstić information content (AvgIpc) is 2.68. The zero-order valence-corrected chi connectivity index (χ0v) is 16.5. The summed E-state index contributed by atoms with van der Waals surface area (Å²) in [5, 5.41) is 0. The Bertz CT molecular complexity index is 681. The number of pyridine rings is 2. The van der Waals surface area contributed by atoms with Gasteiger partial charge in [-0.3, -0.25) is 14.9 Å². The predicted molar refractivity (Wildman–Crippen MR) is 113 cm³/mol. The van der Waals surface area contributed by atoms with E-state index in [-0.39, 0.29) is 0 Å². The molecule has 0 saturated heterocycles. The van der Waals surface area contributed by atoms with Gasteiger partial charge in [0.2, 0.25) is 0 Å². The minimum atomic E-state index is 0.822. The zero-order valence-electron chi connectivity index (χ0n) is 16.5. The molecule has 0 aliphatic carbocycles. The Hall–Kier alpha value is -2.56. The standard InChI is InChI=1S/C23H30N4/c1-4-5-6-11-21(2)18-26(3)16-17-27(19-22-12-7-9-14-24-22)20-23-13-8-10-15-25-23/h4-15H,1,16-20H2,2-3H3/b6-5-,21-11+. The molecule has 0 aromatic carbocycles. The quantitative estimate of drug-likeness (QED) is 0.563. The van der Waals surface area contributed by atoms with Crippen LogP contribution in [0.25, 0.3) is 0 Å². The highest BCUT2D eigenvalue weighted by molar-refractivity contribution is 5.15. The maximum Gasteiger partial charge on any atom is 0.0544 e. The van der Waals surface area contributed by atoms with Gasteiger partial charge in [0.05, 0.1) is 11.4 Å². The van der Waals surface area contributed by atoms with Crippen molar-refractivity contribution < 1.29 is 0 Å². The van der Waals surface area contributed by atoms with E-state index in [1.54, 1.807) is 6.08 Å². The normalized spacial score (nSPS) is 12.2. The van der Waals surface area contributed by atoms with Gasteiger partial charge in [0.1, 0.15) is 0 Å². The molecule has 0 fully saturated rings. The van der Waals surface area contributed by atoms with Crippen molar-refractivity contribution in [2.45, 2.75) is 20.0 Å². The van der Waals surface area contributed by atoms with Crippen LogP contribution in [0.1, 0.15) is 18.3 Å². The molecule has 0 aliphatic heterocycles. The molecule has 0 radical (unpaired) electrons. The van der Waals surface area contributed by atoms with Crippen molar-refractivity contribution in [2.24, 2.45) is 0 Å². The van der Waals surface area contributed by atoms with Gasteiger partial charge in [-0.05, 0) is 38.2 Å². The molecule has 2 aromatic rings. The number of likely N-dealkylation sites (N-methyl/N-ethyl adjacent to an activating group) is 1. The second-order valence-electron chi connectivity index (χ2n) is 6.72. The molecule has 0 amide bonds. The highest BCUT2D eigenvalue weighted by Crippen LogP contribution is 2.07. The average molecular weight is 363 g/mol. The molecule has 0 bridgehead atoms. The third kappa shape index (κ3) is 8.58. The number of hydrogen-bond acceptors (Lipinski definition) is 4. The second kappa shape index (κ2) is 11.9. The van der Waals surface area contributed by atoms with E-state index in [9.17, 15) is 0 Å². The summed E-state index contributed by atoms with van der Waals surface area (Å²) in [6.45, 7) is 10.4. The first-order chi connectivity index (χ1) is 13.2. The van der Waals surface area contributed by atoms with E-state index in [2.05, 4.69) is 58.5 Å². The molecule has 0 atom stereocenters. The lowest BCUT2D eigenvalue weighted by molar-refractivity contribution is 0.214. The first-order valence-electron chi connectivity index (χ1n) is 9.33. The van der Waals surface area contributed by atoms with Crippen molar-refractivity contribution in [3.8, 4) is 0 Å². The molecule has 4 heteroatoms. The van der Waals surface area contributed by atoms with Crippen LogP contribution in [0.5, 0.6) is 0 Å². The van der Waals surface area contributed by atoms with Gasteiger partial charge in [-0.15, -0.1) is 0 Å². The lowest BCUT2D eigenvalue weighted by Crippen LogP contribution is -2.33. The third-order valence-corrected chi connectivity index (χ3v) is 4.17. The van der Waals surface area contributed by atoms with E-state index in [0.717, 1.165) is 44.1 Å². The lowest BCUT2D eigenvalue weighted by Gasteiger charge is -2.25. The van der Waals surface area contributed by atoms with Crippen LogP contribution in [0.4, 0.5) is 0 Å². The Balaban J connectivity index is 1.93. The van der Waals surface area contributed by atoms with E-state index < -0.39 is 0 Å². The molecule has 0 aliphatic rings. The van der Waals surface area contributed by atoms with Gasteiger partial charge in [0, 0.05) is 45.1 Å². The minimum absolute atomic E-state index is 0.822. The molecule has 27 heavy (non-hydrogen) atoms. The molecular formula is C23H30N4.